The molecule has 2 aromatic rings. The van der Waals surface area contributed by atoms with Crippen molar-refractivity contribution in [1.82, 2.24) is 19.8 Å². The van der Waals surface area contributed by atoms with Crippen LogP contribution in [0.1, 0.15) is 5.56 Å². The van der Waals surface area contributed by atoms with Crippen LogP contribution in [0, 0.1) is 0 Å². The second kappa shape index (κ2) is 9.00. The van der Waals surface area contributed by atoms with Gasteiger partial charge < -0.3 is 9.80 Å². The van der Waals surface area contributed by atoms with Crippen LogP contribution in [0.2, 0.25) is 0 Å². The van der Waals surface area contributed by atoms with Crippen LogP contribution in [0.5, 0.6) is 0 Å². The van der Waals surface area contributed by atoms with Gasteiger partial charge in [-0.3, -0.25) is 9.69 Å². The topological polar surface area (TPSA) is 52.6 Å². The van der Waals surface area contributed by atoms with Gasteiger partial charge in [-0.25, -0.2) is 9.97 Å². The summed E-state index contributed by atoms with van der Waals surface area (Å²) in [5.74, 6) is 0.924. The van der Waals surface area contributed by atoms with E-state index >= 15 is 0 Å². The number of aromatic nitrogens is 2. The average molecular weight is 372 g/mol. The van der Waals surface area contributed by atoms with E-state index in [-0.39, 0.29) is 5.91 Å². The average Bonchev–Trinajstić information content (AvgIpc) is 2.70. The molecule has 0 atom stereocenters. The zero-order chi connectivity index (χ0) is 18.4. The Labute approximate surface area is 159 Å². The summed E-state index contributed by atoms with van der Waals surface area (Å²) < 4.78 is 0. The van der Waals surface area contributed by atoms with Crippen molar-refractivity contribution < 1.29 is 4.79 Å². The number of benzene rings is 1. The van der Waals surface area contributed by atoms with Crippen LogP contribution in [0.25, 0.3) is 0 Å². The molecule has 3 rings (SSSR count). The largest absolute Gasteiger partial charge is 0.340 e. The predicted octanol–water partition coefficient (Wildman–Crippen LogP) is 1.98. The molecule has 0 aliphatic carbocycles. The predicted molar refractivity (Wildman–Crippen MR) is 105 cm³/mol. The maximum atomic E-state index is 12.5. The van der Waals surface area contributed by atoms with E-state index in [4.69, 9.17) is 0 Å². The first-order valence-corrected chi connectivity index (χ1v) is 9.99. The summed E-state index contributed by atoms with van der Waals surface area (Å²) in [4.78, 5) is 28.5. The van der Waals surface area contributed by atoms with Crippen LogP contribution in [-0.2, 0) is 11.3 Å². The molecular formula is C19H25N5OS. The van der Waals surface area contributed by atoms with Crippen molar-refractivity contribution in [3.05, 3.63) is 48.3 Å². The SMILES string of the molecule is CSc1ccc(CN(C)C(=O)CN2CCN(c3ncccn3)CC2)cc1. The van der Waals surface area contributed by atoms with E-state index in [2.05, 4.69) is 50.3 Å². The number of carbonyl (C=O) groups is 1. The molecule has 7 heteroatoms. The molecule has 26 heavy (non-hydrogen) atoms. The standard InChI is InChI=1S/C19H25N5OS/c1-22(14-16-4-6-17(26-2)7-5-16)18(25)15-23-10-12-24(13-11-23)19-20-8-3-9-21-19/h3-9H,10-15H2,1-2H3. The molecular weight excluding hydrogens is 346 g/mol. The minimum absolute atomic E-state index is 0.156. The molecule has 0 unspecified atom stereocenters. The summed E-state index contributed by atoms with van der Waals surface area (Å²) in [5.41, 5.74) is 1.16. The lowest BCUT2D eigenvalue weighted by atomic mass is 10.2. The van der Waals surface area contributed by atoms with Crippen LogP contribution in [-0.4, -0.2) is 71.7 Å². The highest BCUT2D eigenvalue weighted by Gasteiger charge is 2.21. The fourth-order valence-electron chi connectivity index (χ4n) is 2.97. The minimum atomic E-state index is 0.156. The van der Waals surface area contributed by atoms with Gasteiger partial charge in [-0.05, 0) is 30.0 Å². The van der Waals surface area contributed by atoms with Gasteiger partial charge in [0.15, 0.2) is 0 Å². The van der Waals surface area contributed by atoms with Crippen molar-refractivity contribution in [2.45, 2.75) is 11.4 Å². The lowest BCUT2D eigenvalue weighted by molar-refractivity contribution is -0.131. The van der Waals surface area contributed by atoms with Gasteiger partial charge >= 0.3 is 0 Å². The van der Waals surface area contributed by atoms with Gasteiger partial charge in [0, 0.05) is 57.1 Å². The number of hydrogen-bond donors (Lipinski definition) is 0. The molecule has 6 nitrogen and oxygen atoms in total. The summed E-state index contributed by atoms with van der Waals surface area (Å²) in [6, 6.07) is 10.2. The third-order valence-corrected chi connectivity index (χ3v) is 5.31. The monoisotopic (exact) mass is 371 g/mol. The molecule has 138 valence electrons. The second-order valence-electron chi connectivity index (χ2n) is 6.41. The van der Waals surface area contributed by atoms with Crippen LogP contribution >= 0.6 is 11.8 Å². The number of thioether (sulfide) groups is 1. The third-order valence-electron chi connectivity index (χ3n) is 4.57. The Morgan fingerprint density at radius 2 is 1.77 bits per heavy atom. The number of carbonyl (C=O) groups excluding carboxylic acids is 1. The normalized spacial score (nSPS) is 15.1. The van der Waals surface area contributed by atoms with Crippen molar-refractivity contribution in [1.29, 1.82) is 0 Å². The van der Waals surface area contributed by atoms with E-state index in [0.29, 0.717) is 13.1 Å². The Morgan fingerprint density at radius 3 is 2.38 bits per heavy atom. The molecule has 1 aromatic heterocycles. The van der Waals surface area contributed by atoms with Crippen LogP contribution in [0.4, 0.5) is 5.95 Å². The highest BCUT2D eigenvalue weighted by atomic mass is 32.2. The quantitative estimate of drug-likeness (QED) is 0.724. The van der Waals surface area contributed by atoms with Crippen molar-refractivity contribution in [2.24, 2.45) is 0 Å². The van der Waals surface area contributed by atoms with Gasteiger partial charge in [0.1, 0.15) is 0 Å². The zero-order valence-electron chi connectivity index (χ0n) is 15.3. The molecule has 1 saturated heterocycles. The smallest absolute Gasteiger partial charge is 0.236 e. The lowest BCUT2D eigenvalue weighted by Gasteiger charge is -2.34. The summed E-state index contributed by atoms with van der Waals surface area (Å²) in [7, 11) is 1.87. The number of piperazine rings is 1. The van der Waals surface area contributed by atoms with Gasteiger partial charge in [0.25, 0.3) is 0 Å². The van der Waals surface area contributed by atoms with Crippen LogP contribution < -0.4 is 4.90 Å². The fourth-order valence-corrected chi connectivity index (χ4v) is 3.37. The Morgan fingerprint density at radius 1 is 1.12 bits per heavy atom. The van der Waals surface area contributed by atoms with Crippen LogP contribution in [0.3, 0.4) is 0 Å². The number of nitrogens with zero attached hydrogens (tertiary/aromatic N) is 5. The first-order chi connectivity index (χ1) is 12.7. The second-order valence-corrected chi connectivity index (χ2v) is 7.29. The highest BCUT2D eigenvalue weighted by Crippen LogP contribution is 2.16. The summed E-state index contributed by atoms with van der Waals surface area (Å²) in [6.45, 7) is 4.49. The van der Waals surface area contributed by atoms with Crippen molar-refractivity contribution in [3.63, 3.8) is 0 Å². The number of hydrogen-bond acceptors (Lipinski definition) is 6. The summed E-state index contributed by atoms with van der Waals surface area (Å²) in [6.07, 6.45) is 5.59. The van der Waals surface area contributed by atoms with Crippen molar-refractivity contribution >= 4 is 23.6 Å². The van der Waals surface area contributed by atoms with Gasteiger partial charge in [-0.15, -0.1) is 11.8 Å². The number of amides is 1. The Balaban J connectivity index is 1.46. The van der Waals surface area contributed by atoms with Gasteiger partial charge in [0.05, 0.1) is 6.54 Å². The molecule has 1 aliphatic rings. The number of likely N-dealkylation sites (N-methyl/N-ethyl adjacent to an activating group) is 1. The van der Waals surface area contributed by atoms with E-state index in [9.17, 15) is 4.79 Å². The fraction of sp³-hybridized carbons (Fsp3) is 0.421. The van der Waals surface area contributed by atoms with Gasteiger partial charge in [0.2, 0.25) is 11.9 Å². The first kappa shape index (κ1) is 18.7. The Bertz CT molecular complexity index is 702. The van der Waals surface area contributed by atoms with E-state index in [1.54, 1.807) is 29.1 Å². The van der Waals surface area contributed by atoms with E-state index in [1.807, 2.05) is 13.1 Å². The van der Waals surface area contributed by atoms with E-state index in [1.165, 1.54) is 4.90 Å². The highest BCUT2D eigenvalue weighted by molar-refractivity contribution is 7.98. The first-order valence-electron chi connectivity index (χ1n) is 8.77. The molecule has 2 heterocycles. The molecule has 0 spiro atoms. The van der Waals surface area contributed by atoms with Crippen molar-refractivity contribution in [2.75, 3.05) is 50.9 Å². The van der Waals surface area contributed by atoms with Crippen LogP contribution in [0.15, 0.2) is 47.6 Å². The lowest BCUT2D eigenvalue weighted by Crippen LogP contribution is -2.50. The summed E-state index contributed by atoms with van der Waals surface area (Å²) >= 11 is 1.72. The van der Waals surface area contributed by atoms with Crippen molar-refractivity contribution in [3.8, 4) is 0 Å². The molecule has 1 fully saturated rings. The number of rotatable bonds is 6. The zero-order valence-corrected chi connectivity index (χ0v) is 16.2. The summed E-state index contributed by atoms with van der Waals surface area (Å²) in [5, 5.41) is 0. The van der Waals surface area contributed by atoms with E-state index in [0.717, 1.165) is 37.7 Å². The molecule has 1 amide bonds. The Kier molecular flexibility index (Phi) is 6.46. The molecule has 1 aromatic carbocycles. The molecule has 1 aliphatic heterocycles. The molecule has 0 bridgehead atoms. The van der Waals surface area contributed by atoms with Gasteiger partial charge in [-0.2, -0.15) is 0 Å². The molecule has 0 radical (unpaired) electrons. The van der Waals surface area contributed by atoms with Gasteiger partial charge in [-0.1, -0.05) is 12.1 Å². The maximum absolute atomic E-state index is 12.5. The third kappa shape index (κ3) is 4.95. The van der Waals surface area contributed by atoms with E-state index < -0.39 is 0 Å². The minimum Gasteiger partial charge on any atom is -0.340 e. The Hall–Kier alpha value is -2.12. The maximum Gasteiger partial charge on any atom is 0.236 e. The number of anilines is 1. The molecule has 0 saturated carbocycles. The molecule has 0 N–H and O–H groups in total.